The Bertz CT molecular complexity index is 511. The highest BCUT2D eigenvalue weighted by Crippen LogP contribution is 2.28. The first kappa shape index (κ1) is 15.4. The molecule has 114 valence electrons. The monoisotopic (exact) mass is 303 g/mol. The smallest absolute Gasteiger partial charge is 0.243 e. The topological polar surface area (TPSA) is 93.5 Å². The molecule has 1 aromatic heterocycles. The number of aromatic nitrogens is 2. The summed E-state index contributed by atoms with van der Waals surface area (Å²) < 4.78 is 33.2. The predicted molar refractivity (Wildman–Crippen MR) is 72.7 cm³/mol. The van der Waals surface area contributed by atoms with Crippen LogP contribution in [0, 0.1) is 5.92 Å². The highest BCUT2D eigenvalue weighted by Gasteiger charge is 2.21. The third-order valence-corrected chi connectivity index (χ3v) is 4.47. The quantitative estimate of drug-likeness (QED) is 0.592. The second-order valence-electron chi connectivity index (χ2n) is 4.93. The SMILES string of the molecule is O=S(=O)(NCCCOCC1CC1)c1cnn(CCO)c1. The van der Waals surface area contributed by atoms with Crippen LogP contribution in [0.25, 0.3) is 0 Å². The van der Waals surface area contributed by atoms with Gasteiger partial charge in [-0.3, -0.25) is 4.68 Å². The number of ether oxygens (including phenoxy) is 1. The first-order chi connectivity index (χ1) is 9.62. The lowest BCUT2D eigenvalue weighted by Crippen LogP contribution is -2.25. The van der Waals surface area contributed by atoms with Crippen LogP contribution in [0.3, 0.4) is 0 Å². The van der Waals surface area contributed by atoms with Gasteiger partial charge in [0.2, 0.25) is 10.0 Å². The average molecular weight is 303 g/mol. The molecular formula is C12H21N3O4S. The summed E-state index contributed by atoms with van der Waals surface area (Å²) >= 11 is 0. The zero-order valence-corrected chi connectivity index (χ0v) is 12.2. The summed E-state index contributed by atoms with van der Waals surface area (Å²) in [5.74, 6) is 0.726. The van der Waals surface area contributed by atoms with Crippen molar-refractivity contribution in [2.45, 2.75) is 30.7 Å². The molecule has 0 aromatic carbocycles. The highest BCUT2D eigenvalue weighted by atomic mass is 32.2. The van der Waals surface area contributed by atoms with Gasteiger partial charge in [-0.15, -0.1) is 0 Å². The predicted octanol–water partition coefficient (Wildman–Crippen LogP) is -0.0296. The van der Waals surface area contributed by atoms with Gasteiger partial charge in [0.1, 0.15) is 4.90 Å². The van der Waals surface area contributed by atoms with Crippen LogP contribution < -0.4 is 4.72 Å². The van der Waals surface area contributed by atoms with Crippen molar-refractivity contribution in [3.8, 4) is 0 Å². The molecule has 7 nitrogen and oxygen atoms in total. The summed E-state index contributed by atoms with van der Waals surface area (Å²) in [6, 6.07) is 0. The Morgan fingerprint density at radius 3 is 3.00 bits per heavy atom. The Kier molecular flexibility index (Phi) is 5.53. The van der Waals surface area contributed by atoms with Gasteiger partial charge in [-0.1, -0.05) is 0 Å². The third kappa shape index (κ3) is 4.86. The van der Waals surface area contributed by atoms with Crippen molar-refractivity contribution in [2.24, 2.45) is 5.92 Å². The molecule has 1 aliphatic carbocycles. The number of hydrogen-bond donors (Lipinski definition) is 2. The lowest BCUT2D eigenvalue weighted by Gasteiger charge is -2.05. The Morgan fingerprint density at radius 1 is 1.50 bits per heavy atom. The zero-order valence-electron chi connectivity index (χ0n) is 11.4. The molecular weight excluding hydrogens is 282 g/mol. The average Bonchev–Trinajstić information content (AvgIpc) is 3.11. The second kappa shape index (κ2) is 7.16. The molecule has 2 rings (SSSR count). The van der Waals surface area contributed by atoms with Crippen LogP contribution in [0.2, 0.25) is 0 Å². The van der Waals surface area contributed by atoms with E-state index in [0.29, 0.717) is 19.6 Å². The van der Waals surface area contributed by atoms with Crippen LogP contribution >= 0.6 is 0 Å². The molecule has 0 amide bonds. The van der Waals surface area contributed by atoms with Gasteiger partial charge < -0.3 is 9.84 Å². The molecule has 0 aliphatic heterocycles. The van der Waals surface area contributed by atoms with Crippen molar-refractivity contribution >= 4 is 10.0 Å². The fraction of sp³-hybridized carbons (Fsp3) is 0.750. The lowest BCUT2D eigenvalue weighted by molar-refractivity contribution is 0.123. The number of aliphatic hydroxyl groups is 1. The van der Waals surface area contributed by atoms with Crippen molar-refractivity contribution in [3.05, 3.63) is 12.4 Å². The van der Waals surface area contributed by atoms with Crippen LogP contribution in [0.4, 0.5) is 0 Å². The van der Waals surface area contributed by atoms with Gasteiger partial charge in [-0.05, 0) is 25.2 Å². The Morgan fingerprint density at radius 2 is 2.30 bits per heavy atom. The zero-order chi connectivity index (χ0) is 14.4. The maximum atomic E-state index is 11.9. The van der Waals surface area contributed by atoms with Crippen molar-refractivity contribution in [3.63, 3.8) is 0 Å². The van der Waals surface area contributed by atoms with E-state index in [1.54, 1.807) is 0 Å². The molecule has 2 N–H and O–H groups in total. The standard InChI is InChI=1S/C12H21N3O4S/c16-6-5-15-9-12(8-13-15)20(17,18)14-4-1-7-19-10-11-2-3-11/h8-9,11,14,16H,1-7,10H2. The first-order valence-corrected chi connectivity index (χ1v) is 8.31. The molecule has 0 radical (unpaired) electrons. The van der Waals surface area contributed by atoms with E-state index in [-0.39, 0.29) is 18.0 Å². The molecule has 1 aliphatic rings. The normalized spacial score (nSPS) is 15.7. The molecule has 1 saturated carbocycles. The van der Waals surface area contributed by atoms with Crippen molar-refractivity contribution < 1.29 is 18.3 Å². The van der Waals surface area contributed by atoms with E-state index in [4.69, 9.17) is 9.84 Å². The molecule has 8 heteroatoms. The second-order valence-corrected chi connectivity index (χ2v) is 6.70. The molecule has 0 spiro atoms. The van der Waals surface area contributed by atoms with Gasteiger partial charge in [-0.25, -0.2) is 13.1 Å². The minimum absolute atomic E-state index is 0.0765. The van der Waals surface area contributed by atoms with Crippen LogP contribution in [0.15, 0.2) is 17.3 Å². The van der Waals surface area contributed by atoms with Gasteiger partial charge in [0.25, 0.3) is 0 Å². The number of nitrogens with one attached hydrogen (secondary N) is 1. The summed E-state index contributed by atoms with van der Waals surface area (Å²) in [4.78, 5) is 0.116. The van der Waals surface area contributed by atoms with Crippen LogP contribution in [0.5, 0.6) is 0 Å². The number of nitrogens with zero attached hydrogens (tertiary/aromatic N) is 2. The summed E-state index contributed by atoms with van der Waals surface area (Å²) in [6.07, 6.45) is 5.84. The van der Waals surface area contributed by atoms with E-state index < -0.39 is 10.0 Å². The maximum Gasteiger partial charge on any atom is 0.243 e. The molecule has 1 heterocycles. The largest absolute Gasteiger partial charge is 0.394 e. The molecule has 1 aromatic rings. The van der Waals surface area contributed by atoms with E-state index in [1.165, 1.54) is 29.9 Å². The van der Waals surface area contributed by atoms with Crippen molar-refractivity contribution in [1.29, 1.82) is 0 Å². The van der Waals surface area contributed by atoms with E-state index in [2.05, 4.69) is 9.82 Å². The minimum Gasteiger partial charge on any atom is -0.394 e. The fourth-order valence-electron chi connectivity index (χ4n) is 1.71. The van der Waals surface area contributed by atoms with E-state index in [9.17, 15) is 8.42 Å². The van der Waals surface area contributed by atoms with Crippen molar-refractivity contribution in [2.75, 3.05) is 26.4 Å². The van der Waals surface area contributed by atoms with E-state index in [0.717, 1.165) is 12.5 Å². The van der Waals surface area contributed by atoms with Crippen LogP contribution in [-0.2, 0) is 21.3 Å². The van der Waals surface area contributed by atoms with Gasteiger partial charge in [-0.2, -0.15) is 5.10 Å². The molecule has 0 saturated heterocycles. The summed E-state index contributed by atoms with van der Waals surface area (Å²) in [7, 11) is -3.52. The summed E-state index contributed by atoms with van der Waals surface area (Å²) in [5.41, 5.74) is 0. The number of rotatable bonds is 10. The van der Waals surface area contributed by atoms with Crippen molar-refractivity contribution in [1.82, 2.24) is 14.5 Å². The highest BCUT2D eigenvalue weighted by molar-refractivity contribution is 7.89. The number of sulfonamides is 1. The molecule has 0 atom stereocenters. The van der Waals surface area contributed by atoms with E-state index in [1.807, 2.05) is 0 Å². The number of aliphatic hydroxyl groups excluding tert-OH is 1. The molecule has 0 bridgehead atoms. The van der Waals surface area contributed by atoms with E-state index >= 15 is 0 Å². The first-order valence-electron chi connectivity index (χ1n) is 6.82. The molecule has 20 heavy (non-hydrogen) atoms. The van der Waals surface area contributed by atoms with Gasteiger partial charge in [0.15, 0.2) is 0 Å². The Balaban J connectivity index is 1.68. The maximum absolute atomic E-state index is 11.9. The van der Waals surface area contributed by atoms with Gasteiger partial charge in [0, 0.05) is 26.0 Å². The van der Waals surface area contributed by atoms with Gasteiger partial charge >= 0.3 is 0 Å². The lowest BCUT2D eigenvalue weighted by atomic mass is 10.4. The fourth-order valence-corrected chi connectivity index (χ4v) is 2.73. The van der Waals surface area contributed by atoms with Crippen LogP contribution in [0.1, 0.15) is 19.3 Å². The van der Waals surface area contributed by atoms with Gasteiger partial charge in [0.05, 0.1) is 19.3 Å². The summed E-state index contributed by atoms with van der Waals surface area (Å²) in [5, 5.41) is 12.6. The Hall–Kier alpha value is -0.960. The third-order valence-electron chi connectivity index (χ3n) is 3.06. The number of hydrogen-bond acceptors (Lipinski definition) is 5. The molecule has 1 fully saturated rings. The van der Waals surface area contributed by atoms with Crippen LogP contribution in [-0.4, -0.2) is 49.7 Å². The Labute approximate surface area is 119 Å². The summed E-state index contributed by atoms with van der Waals surface area (Å²) in [6.45, 7) is 1.92. The minimum atomic E-state index is -3.52. The molecule has 0 unspecified atom stereocenters.